The first-order valence-electron chi connectivity index (χ1n) is 5.69. The molecular weight excluding hydrogens is 291 g/mol. The van der Waals surface area contributed by atoms with Gasteiger partial charge in [0.1, 0.15) is 11.8 Å². The second kappa shape index (κ2) is 6.19. The zero-order valence-corrected chi connectivity index (χ0v) is 11.3. The van der Waals surface area contributed by atoms with E-state index < -0.39 is 11.9 Å². The van der Waals surface area contributed by atoms with Crippen LogP contribution < -0.4 is 5.32 Å². The largest absolute Gasteiger partial charge is 0.433 e. The van der Waals surface area contributed by atoms with E-state index in [9.17, 15) is 13.2 Å². The van der Waals surface area contributed by atoms with Gasteiger partial charge in [0.25, 0.3) is 0 Å². The maximum absolute atomic E-state index is 12.5. The Kier molecular flexibility index (Phi) is 4.56. The lowest BCUT2D eigenvalue weighted by Gasteiger charge is -2.15. The number of nitrogens with one attached hydrogen (secondary N) is 1. The van der Waals surface area contributed by atoms with Crippen molar-refractivity contribution in [1.82, 2.24) is 9.97 Å². The third kappa shape index (κ3) is 3.67. The Morgan fingerprint density at radius 3 is 2.80 bits per heavy atom. The van der Waals surface area contributed by atoms with Crippen LogP contribution in [-0.2, 0) is 10.9 Å². The van der Waals surface area contributed by atoms with Crippen LogP contribution in [0.1, 0.15) is 17.4 Å². The number of aromatic nitrogens is 2. The highest BCUT2D eigenvalue weighted by atomic mass is 32.1. The second-order valence-corrected chi connectivity index (χ2v) is 4.71. The number of rotatable bonds is 5. The minimum atomic E-state index is -4.48. The van der Waals surface area contributed by atoms with E-state index in [4.69, 9.17) is 4.74 Å². The maximum atomic E-state index is 12.5. The molecule has 0 fully saturated rings. The molecule has 2 aromatic rings. The van der Waals surface area contributed by atoms with E-state index in [0.29, 0.717) is 0 Å². The average Bonchev–Trinajstić information content (AvgIpc) is 2.93. The van der Waals surface area contributed by atoms with E-state index in [2.05, 4.69) is 15.3 Å². The van der Waals surface area contributed by atoms with E-state index in [1.54, 1.807) is 0 Å². The zero-order valence-electron chi connectivity index (χ0n) is 10.5. The van der Waals surface area contributed by atoms with Gasteiger partial charge in [0.15, 0.2) is 0 Å². The van der Waals surface area contributed by atoms with Crippen LogP contribution in [0, 0.1) is 0 Å². The topological polar surface area (TPSA) is 47.0 Å². The summed E-state index contributed by atoms with van der Waals surface area (Å²) in [7, 11) is 1.54. The summed E-state index contributed by atoms with van der Waals surface area (Å²) < 4.78 is 42.8. The van der Waals surface area contributed by atoms with Crippen molar-refractivity contribution in [3.05, 3.63) is 40.3 Å². The Bertz CT molecular complexity index is 545. The standard InChI is InChI=1S/C12H12F3N3OS/c1-19-9(8-3-5-20-7-8)6-17-11-16-4-2-10(18-11)12(13,14)15/h2-5,7,9H,6H2,1H3,(H,16,17,18). The Balaban J connectivity index is 2.03. The first-order valence-corrected chi connectivity index (χ1v) is 6.64. The van der Waals surface area contributed by atoms with Crippen molar-refractivity contribution in [2.24, 2.45) is 0 Å². The first kappa shape index (κ1) is 14.7. The third-order valence-corrected chi connectivity index (χ3v) is 3.29. The number of hydrogen-bond donors (Lipinski definition) is 1. The molecule has 0 saturated carbocycles. The molecule has 0 spiro atoms. The fourth-order valence-corrected chi connectivity index (χ4v) is 2.28. The van der Waals surface area contributed by atoms with Gasteiger partial charge in [0.2, 0.25) is 5.95 Å². The van der Waals surface area contributed by atoms with Crippen LogP contribution in [0.2, 0.25) is 0 Å². The van der Waals surface area contributed by atoms with E-state index in [1.807, 2.05) is 16.8 Å². The molecule has 2 rings (SSSR count). The zero-order chi connectivity index (χ0) is 14.6. The number of anilines is 1. The summed E-state index contributed by atoms with van der Waals surface area (Å²) in [5, 5.41) is 6.58. The quantitative estimate of drug-likeness (QED) is 0.920. The van der Waals surface area contributed by atoms with Crippen molar-refractivity contribution in [1.29, 1.82) is 0 Å². The molecule has 1 atom stereocenters. The number of methoxy groups -OCH3 is 1. The van der Waals surface area contributed by atoms with E-state index in [1.165, 1.54) is 18.4 Å². The van der Waals surface area contributed by atoms with Gasteiger partial charge in [0, 0.05) is 19.9 Å². The van der Waals surface area contributed by atoms with Gasteiger partial charge in [-0.05, 0) is 28.5 Å². The minimum Gasteiger partial charge on any atom is -0.375 e. The molecule has 0 aliphatic heterocycles. The molecule has 4 nitrogen and oxygen atoms in total. The normalized spacial score (nSPS) is 13.2. The second-order valence-electron chi connectivity index (χ2n) is 3.93. The van der Waals surface area contributed by atoms with Crippen LogP contribution in [0.15, 0.2) is 29.1 Å². The third-order valence-electron chi connectivity index (χ3n) is 2.59. The van der Waals surface area contributed by atoms with Crippen molar-refractivity contribution in [3.8, 4) is 0 Å². The maximum Gasteiger partial charge on any atom is 0.433 e. The molecule has 0 bridgehead atoms. The summed E-state index contributed by atoms with van der Waals surface area (Å²) in [5.74, 6) is -0.0721. The first-order chi connectivity index (χ1) is 9.50. The van der Waals surface area contributed by atoms with Crippen molar-refractivity contribution < 1.29 is 17.9 Å². The van der Waals surface area contributed by atoms with Gasteiger partial charge in [-0.25, -0.2) is 9.97 Å². The number of ether oxygens (including phenoxy) is 1. The van der Waals surface area contributed by atoms with E-state index in [-0.39, 0.29) is 18.6 Å². The lowest BCUT2D eigenvalue weighted by Crippen LogP contribution is -2.17. The molecule has 0 saturated heterocycles. The number of thiophene rings is 1. The number of alkyl halides is 3. The van der Waals surface area contributed by atoms with Gasteiger partial charge in [0.05, 0.1) is 0 Å². The Morgan fingerprint density at radius 1 is 1.40 bits per heavy atom. The molecule has 0 aromatic carbocycles. The molecule has 0 aliphatic rings. The summed E-state index contributed by atoms with van der Waals surface area (Å²) in [5.41, 5.74) is -0.0172. The SMILES string of the molecule is COC(CNc1nccc(C(F)(F)F)n1)c1ccsc1. The van der Waals surface area contributed by atoms with Gasteiger partial charge in [-0.2, -0.15) is 24.5 Å². The Morgan fingerprint density at radius 2 is 2.20 bits per heavy atom. The summed E-state index contributed by atoms with van der Waals surface area (Å²) in [6.07, 6.45) is -3.67. The van der Waals surface area contributed by atoms with Crippen LogP contribution in [-0.4, -0.2) is 23.6 Å². The molecule has 2 aromatic heterocycles. The number of hydrogen-bond acceptors (Lipinski definition) is 5. The highest BCUT2D eigenvalue weighted by molar-refractivity contribution is 7.07. The molecule has 20 heavy (non-hydrogen) atoms. The van der Waals surface area contributed by atoms with Gasteiger partial charge in [-0.3, -0.25) is 0 Å². The Hall–Kier alpha value is -1.67. The van der Waals surface area contributed by atoms with Crippen molar-refractivity contribution >= 4 is 17.3 Å². The van der Waals surface area contributed by atoms with Gasteiger partial charge in [-0.15, -0.1) is 0 Å². The average molecular weight is 303 g/mol. The lowest BCUT2D eigenvalue weighted by molar-refractivity contribution is -0.141. The molecule has 0 aliphatic carbocycles. The van der Waals surface area contributed by atoms with Crippen LogP contribution >= 0.6 is 11.3 Å². The van der Waals surface area contributed by atoms with Crippen molar-refractivity contribution in [2.45, 2.75) is 12.3 Å². The molecular formula is C12H12F3N3OS. The molecule has 1 N–H and O–H groups in total. The molecule has 0 amide bonds. The number of nitrogens with zero attached hydrogens (tertiary/aromatic N) is 2. The lowest BCUT2D eigenvalue weighted by atomic mass is 10.2. The van der Waals surface area contributed by atoms with Gasteiger partial charge < -0.3 is 10.1 Å². The van der Waals surface area contributed by atoms with Gasteiger partial charge >= 0.3 is 6.18 Å². The minimum absolute atomic E-state index is 0.0721. The molecule has 0 radical (unpaired) electrons. The van der Waals surface area contributed by atoms with Crippen LogP contribution in [0.4, 0.5) is 19.1 Å². The van der Waals surface area contributed by atoms with E-state index >= 15 is 0 Å². The van der Waals surface area contributed by atoms with Gasteiger partial charge in [-0.1, -0.05) is 0 Å². The molecule has 108 valence electrons. The van der Waals surface area contributed by atoms with E-state index in [0.717, 1.165) is 17.8 Å². The van der Waals surface area contributed by atoms with Crippen LogP contribution in [0.3, 0.4) is 0 Å². The molecule has 2 heterocycles. The summed E-state index contributed by atoms with van der Waals surface area (Å²) in [4.78, 5) is 7.20. The predicted octanol–water partition coefficient (Wildman–Crippen LogP) is 3.36. The number of halogens is 3. The predicted molar refractivity (Wildman–Crippen MR) is 69.6 cm³/mol. The van der Waals surface area contributed by atoms with Crippen LogP contribution in [0.25, 0.3) is 0 Å². The summed E-state index contributed by atoms with van der Waals surface area (Å²) in [6.45, 7) is 0.286. The highest BCUT2D eigenvalue weighted by Gasteiger charge is 2.32. The monoisotopic (exact) mass is 303 g/mol. The fourth-order valence-electron chi connectivity index (χ4n) is 1.58. The Labute approximate surface area is 117 Å². The fraction of sp³-hybridized carbons (Fsp3) is 0.333. The van der Waals surface area contributed by atoms with Crippen molar-refractivity contribution in [2.75, 3.05) is 19.0 Å². The molecule has 8 heteroatoms. The highest BCUT2D eigenvalue weighted by Crippen LogP contribution is 2.27. The summed E-state index contributed by atoms with van der Waals surface area (Å²) in [6, 6.07) is 2.73. The van der Waals surface area contributed by atoms with Crippen LogP contribution in [0.5, 0.6) is 0 Å². The summed E-state index contributed by atoms with van der Waals surface area (Å²) >= 11 is 1.52. The molecule has 1 unspecified atom stereocenters. The van der Waals surface area contributed by atoms with Crippen molar-refractivity contribution in [3.63, 3.8) is 0 Å². The smallest absolute Gasteiger partial charge is 0.375 e.